The lowest BCUT2D eigenvalue weighted by Gasteiger charge is -2.46. The minimum atomic E-state index is -0.894. The van der Waals surface area contributed by atoms with Gasteiger partial charge in [0.15, 0.2) is 5.13 Å². The van der Waals surface area contributed by atoms with E-state index in [9.17, 15) is 23.6 Å². The van der Waals surface area contributed by atoms with Crippen molar-refractivity contribution >= 4 is 50.6 Å². The van der Waals surface area contributed by atoms with Crippen LogP contribution in [-0.4, -0.2) is 99.6 Å². The molecule has 15 heteroatoms. The van der Waals surface area contributed by atoms with Gasteiger partial charge in [-0.15, -0.1) is 6.58 Å². The molecule has 1 aromatic heterocycles. The van der Waals surface area contributed by atoms with E-state index in [2.05, 4.69) is 16.9 Å². The smallest absolute Gasteiger partial charge is 0.410 e. The number of nitrogens with one attached hydrogen (secondary N) is 1. The Morgan fingerprint density at radius 3 is 2.52 bits per heavy atom. The molecule has 0 saturated carbocycles. The molecule has 2 saturated heterocycles. The number of urea groups is 1. The summed E-state index contributed by atoms with van der Waals surface area (Å²) in [6, 6.07) is 16.9. The van der Waals surface area contributed by atoms with E-state index in [1.165, 1.54) is 33.4 Å². The summed E-state index contributed by atoms with van der Waals surface area (Å²) in [7, 11) is 3.16. The van der Waals surface area contributed by atoms with Crippen molar-refractivity contribution in [2.75, 3.05) is 39.5 Å². The molecule has 2 aliphatic rings. The second-order valence-electron chi connectivity index (χ2n) is 12.2. The number of halogens is 1. The fraction of sp³-hybridized carbons (Fsp3) is 0.286. The third-order valence-corrected chi connectivity index (χ3v) is 9.42. The molecule has 4 aromatic rings. The maximum absolute atomic E-state index is 14.3. The average molecular weight is 701 g/mol. The molecule has 0 spiro atoms. The number of carbonyl (C=O) groups is 4. The molecule has 50 heavy (non-hydrogen) atoms. The van der Waals surface area contributed by atoms with E-state index in [-0.39, 0.29) is 56.8 Å². The summed E-state index contributed by atoms with van der Waals surface area (Å²) in [5, 5.41) is 6.36. The third-order valence-electron chi connectivity index (χ3n) is 8.57. The third kappa shape index (κ3) is 7.23. The Morgan fingerprint density at radius 2 is 1.82 bits per heavy atom. The fourth-order valence-corrected chi connectivity index (χ4v) is 6.94. The second kappa shape index (κ2) is 14.5. The molecule has 5 amide bonds. The highest BCUT2D eigenvalue weighted by Crippen LogP contribution is 2.32. The maximum atomic E-state index is 14.3. The topological polar surface area (TPSA) is 145 Å². The molecular weight excluding hydrogens is 664 g/mol. The molecule has 2 atom stereocenters. The number of ether oxygens (including phenoxy) is 1. The SMILES string of the molecule is C=CCN(C(=O)NCc1ccc(F)cc1)N1CC(=O)N2[C@@H](Cc3ccc(OC(=O)N(C)C)cc3)C(=O)N(Cc3cccc4sc(N)nc34)C[C@@H]21. The van der Waals surface area contributed by atoms with E-state index in [4.69, 9.17) is 10.5 Å². The molecule has 13 nitrogen and oxygen atoms in total. The van der Waals surface area contributed by atoms with Gasteiger partial charge in [0.05, 0.1) is 29.9 Å². The van der Waals surface area contributed by atoms with Crippen LogP contribution in [0.5, 0.6) is 5.75 Å². The number of para-hydroxylation sites is 1. The lowest BCUT2D eigenvalue weighted by Crippen LogP contribution is -2.66. The largest absolute Gasteiger partial charge is 0.414 e. The van der Waals surface area contributed by atoms with Gasteiger partial charge in [-0.2, -0.15) is 5.01 Å². The first-order valence-electron chi connectivity index (χ1n) is 15.9. The number of nitrogen functional groups attached to an aromatic ring is 1. The predicted octanol–water partition coefficient (Wildman–Crippen LogP) is 3.81. The summed E-state index contributed by atoms with van der Waals surface area (Å²) in [4.78, 5) is 62.9. The van der Waals surface area contributed by atoms with Crippen molar-refractivity contribution in [2.45, 2.75) is 31.7 Å². The summed E-state index contributed by atoms with van der Waals surface area (Å²) in [5.74, 6) is -0.601. The Bertz CT molecular complexity index is 1920. The van der Waals surface area contributed by atoms with E-state index < -0.39 is 24.3 Å². The zero-order chi connectivity index (χ0) is 35.5. The number of aromatic nitrogens is 1. The minimum Gasteiger partial charge on any atom is -0.410 e. The fourth-order valence-electron chi connectivity index (χ4n) is 6.15. The Morgan fingerprint density at radius 1 is 1.10 bits per heavy atom. The van der Waals surface area contributed by atoms with Crippen molar-refractivity contribution < 1.29 is 28.3 Å². The van der Waals surface area contributed by atoms with Crippen molar-refractivity contribution in [3.8, 4) is 5.75 Å². The molecule has 0 unspecified atom stereocenters. The second-order valence-corrected chi connectivity index (χ2v) is 13.3. The van der Waals surface area contributed by atoms with Crippen LogP contribution < -0.4 is 15.8 Å². The summed E-state index contributed by atoms with van der Waals surface area (Å²) in [5.41, 5.74) is 8.98. The van der Waals surface area contributed by atoms with Crippen molar-refractivity contribution in [3.63, 3.8) is 0 Å². The van der Waals surface area contributed by atoms with E-state index in [1.54, 1.807) is 71.4 Å². The highest BCUT2D eigenvalue weighted by atomic mass is 32.1. The Labute approximate surface area is 292 Å². The number of anilines is 1. The van der Waals surface area contributed by atoms with Crippen LogP contribution in [0.2, 0.25) is 0 Å². The lowest BCUT2D eigenvalue weighted by atomic mass is 9.99. The van der Waals surface area contributed by atoms with Crippen LogP contribution in [-0.2, 0) is 29.1 Å². The molecule has 3 heterocycles. The van der Waals surface area contributed by atoms with E-state index >= 15 is 0 Å². The number of nitrogens with zero attached hydrogens (tertiary/aromatic N) is 6. The maximum Gasteiger partial charge on any atom is 0.414 e. The molecule has 0 radical (unpaired) electrons. The molecule has 0 bridgehead atoms. The van der Waals surface area contributed by atoms with Gasteiger partial charge in [-0.1, -0.05) is 53.8 Å². The first-order chi connectivity index (χ1) is 24.0. The van der Waals surface area contributed by atoms with Gasteiger partial charge >= 0.3 is 12.1 Å². The highest BCUT2D eigenvalue weighted by molar-refractivity contribution is 7.22. The quantitative estimate of drug-likeness (QED) is 0.238. The van der Waals surface area contributed by atoms with Crippen molar-refractivity contribution in [3.05, 3.63) is 102 Å². The van der Waals surface area contributed by atoms with Crippen molar-refractivity contribution in [1.29, 1.82) is 0 Å². The van der Waals surface area contributed by atoms with Gasteiger partial charge in [0.1, 0.15) is 23.8 Å². The monoisotopic (exact) mass is 700 g/mol. The highest BCUT2D eigenvalue weighted by Gasteiger charge is 2.52. The molecule has 2 fully saturated rings. The van der Waals surface area contributed by atoms with Gasteiger partial charge in [-0.3, -0.25) is 14.6 Å². The van der Waals surface area contributed by atoms with Gasteiger partial charge in [0.25, 0.3) is 0 Å². The van der Waals surface area contributed by atoms with Crippen LogP contribution in [0.1, 0.15) is 16.7 Å². The van der Waals surface area contributed by atoms with Crippen LogP contribution in [0.15, 0.2) is 79.4 Å². The standard InChI is InChI=1S/C35H37FN8O5S/c1-4-16-42(34(47)38-18-23-8-12-25(36)13-9-23)43-21-30(45)44-27(17-22-10-14-26(15-11-22)49-35(48)40(2)3)32(46)41(20-29(43)44)19-24-6-5-7-28-31(24)39-33(37)50-28/h4-15,27,29H,1,16-21H2,2-3H3,(H2,37,39)(H,38,47)/t27-,29+/m0/s1. The Balaban J connectivity index is 1.29. The number of hydrogen-bond acceptors (Lipinski definition) is 9. The Kier molecular flexibility index (Phi) is 9.97. The summed E-state index contributed by atoms with van der Waals surface area (Å²) in [6.45, 7) is 4.24. The molecule has 0 aliphatic carbocycles. The van der Waals surface area contributed by atoms with E-state index in [0.29, 0.717) is 22.0 Å². The number of benzene rings is 3. The van der Waals surface area contributed by atoms with Crippen LogP contribution in [0.3, 0.4) is 0 Å². The van der Waals surface area contributed by atoms with Gasteiger partial charge in [-0.25, -0.2) is 19.0 Å². The molecule has 6 rings (SSSR count). The first kappa shape index (κ1) is 34.3. The first-order valence-corrected chi connectivity index (χ1v) is 16.7. The van der Waals surface area contributed by atoms with Gasteiger partial charge in [0.2, 0.25) is 11.8 Å². The number of amides is 5. The molecule has 3 N–H and O–H groups in total. The molecule has 3 aromatic carbocycles. The number of nitrogens with two attached hydrogens (primary N) is 1. The van der Waals surface area contributed by atoms with Gasteiger partial charge < -0.3 is 30.5 Å². The van der Waals surface area contributed by atoms with Crippen LogP contribution in [0, 0.1) is 5.82 Å². The van der Waals surface area contributed by atoms with Crippen LogP contribution in [0.4, 0.5) is 19.1 Å². The van der Waals surface area contributed by atoms with Gasteiger partial charge in [-0.05, 0) is 47.0 Å². The summed E-state index contributed by atoms with van der Waals surface area (Å²) in [6.07, 6.45) is 0.538. The number of hydrogen-bond donors (Lipinski definition) is 2. The van der Waals surface area contributed by atoms with E-state index in [0.717, 1.165) is 15.8 Å². The number of piperazine rings is 1. The molecule has 260 valence electrons. The summed E-state index contributed by atoms with van der Waals surface area (Å²) < 4.78 is 19.7. The number of fused-ring (bicyclic) bond motifs is 2. The number of rotatable bonds is 10. The zero-order valence-corrected chi connectivity index (χ0v) is 28.4. The normalized spacial score (nSPS) is 17.5. The lowest BCUT2D eigenvalue weighted by molar-refractivity contribution is -0.157. The summed E-state index contributed by atoms with van der Waals surface area (Å²) >= 11 is 1.36. The predicted molar refractivity (Wildman–Crippen MR) is 186 cm³/mol. The van der Waals surface area contributed by atoms with E-state index in [1.807, 2.05) is 18.2 Å². The number of carbonyl (C=O) groups excluding carboxylic acids is 4. The van der Waals surface area contributed by atoms with Crippen molar-refractivity contribution in [2.24, 2.45) is 0 Å². The number of thiazole rings is 1. The molecule has 2 aliphatic heterocycles. The van der Waals surface area contributed by atoms with Gasteiger partial charge in [0, 0.05) is 33.6 Å². The Hall–Kier alpha value is -5.54. The van der Waals surface area contributed by atoms with Crippen LogP contribution >= 0.6 is 11.3 Å². The van der Waals surface area contributed by atoms with Crippen LogP contribution in [0.25, 0.3) is 10.2 Å². The number of hydrazine groups is 1. The van der Waals surface area contributed by atoms with Crippen molar-refractivity contribution in [1.82, 2.24) is 35.0 Å². The zero-order valence-electron chi connectivity index (χ0n) is 27.6. The average Bonchev–Trinajstić information content (AvgIpc) is 3.64. The minimum absolute atomic E-state index is 0.0933. The molecular formula is C35H37FN8O5S.